The lowest BCUT2D eigenvalue weighted by Gasteiger charge is -2.14. The Hall–Kier alpha value is -3.28. The second-order valence-electron chi connectivity index (χ2n) is 5.73. The predicted molar refractivity (Wildman–Crippen MR) is 99.0 cm³/mol. The molecule has 1 fully saturated rings. The normalized spacial score (nSPS) is 13.7. The van der Waals surface area contributed by atoms with Crippen molar-refractivity contribution in [1.29, 1.82) is 0 Å². The molecule has 6 nitrogen and oxygen atoms in total. The van der Waals surface area contributed by atoms with E-state index in [0.29, 0.717) is 25.4 Å². The molecule has 0 unspecified atom stereocenters. The number of benzene rings is 2. The van der Waals surface area contributed by atoms with E-state index >= 15 is 0 Å². The van der Waals surface area contributed by atoms with E-state index < -0.39 is 0 Å². The van der Waals surface area contributed by atoms with Crippen LogP contribution in [0.5, 0.6) is 5.75 Å². The average molecular weight is 352 g/mol. The summed E-state index contributed by atoms with van der Waals surface area (Å²) >= 11 is 0. The summed E-state index contributed by atoms with van der Waals surface area (Å²) in [7, 11) is 1.59. The van der Waals surface area contributed by atoms with Crippen LogP contribution < -0.4 is 15.0 Å². The number of anilines is 1. The van der Waals surface area contributed by atoms with E-state index in [1.54, 1.807) is 18.1 Å². The molecule has 0 aromatic heterocycles. The van der Waals surface area contributed by atoms with Crippen LogP contribution in [0.1, 0.15) is 11.1 Å². The number of amides is 2. The largest absolute Gasteiger partial charge is 0.496 e. The summed E-state index contributed by atoms with van der Waals surface area (Å²) in [5.41, 5.74) is 2.50. The fourth-order valence-corrected chi connectivity index (χ4v) is 2.68. The standard InChI is InChI=1S/C20H20N2O4/c1-25-18-8-3-2-6-16(18)9-10-19(23)21-14-15-5-4-7-17(13-15)22-11-12-26-20(22)24/h2-10,13H,11-12,14H2,1H3,(H,21,23)/b10-9-. The minimum Gasteiger partial charge on any atom is -0.496 e. The predicted octanol–water partition coefficient (Wildman–Crippen LogP) is 2.98. The number of methoxy groups -OCH3 is 1. The average Bonchev–Trinajstić information content (AvgIpc) is 3.11. The molecule has 3 rings (SSSR count). The van der Waals surface area contributed by atoms with Crippen molar-refractivity contribution in [2.45, 2.75) is 6.54 Å². The topological polar surface area (TPSA) is 67.9 Å². The van der Waals surface area contributed by atoms with Gasteiger partial charge in [-0.3, -0.25) is 9.69 Å². The summed E-state index contributed by atoms with van der Waals surface area (Å²) in [6, 6.07) is 14.9. The van der Waals surface area contributed by atoms with E-state index in [2.05, 4.69) is 5.32 Å². The maximum absolute atomic E-state index is 12.1. The molecule has 2 amide bonds. The van der Waals surface area contributed by atoms with E-state index in [1.807, 2.05) is 48.5 Å². The monoisotopic (exact) mass is 352 g/mol. The van der Waals surface area contributed by atoms with Gasteiger partial charge in [0.05, 0.1) is 13.7 Å². The summed E-state index contributed by atoms with van der Waals surface area (Å²) < 4.78 is 10.2. The molecule has 0 radical (unpaired) electrons. The fourth-order valence-electron chi connectivity index (χ4n) is 2.68. The van der Waals surface area contributed by atoms with Crippen LogP contribution in [0.15, 0.2) is 54.6 Å². The highest BCUT2D eigenvalue weighted by atomic mass is 16.6. The van der Waals surface area contributed by atoms with Crippen LogP contribution >= 0.6 is 0 Å². The molecule has 6 heteroatoms. The molecule has 1 aliphatic heterocycles. The molecule has 0 saturated carbocycles. The second-order valence-corrected chi connectivity index (χ2v) is 5.73. The molecule has 0 spiro atoms. The van der Waals surface area contributed by atoms with E-state index in [9.17, 15) is 9.59 Å². The summed E-state index contributed by atoms with van der Waals surface area (Å²) in [6.45, 7) is 1.30. The maximum Gasteiger partial charge on any atom is 0.414 e. The Kier molecular flexibility index (Phi) is 5.53. The Balaban J connectivity index is 1.59. The van der Waals surface area contributed by atoms with Gasteiger partial charge in [0.25, 0.3) is 0 Å². The van der Waals surface area contributed by atoms with Crippen molar-refractivity contribution in [3.63, 3.8) is 0 Å². The molecule has 0 bridgehead atoms. The third-order valence-electron chi connectivity index (χ3n) is 4.00. The Morgan fingerprint density at radius 3 is 2.88 bits per heavy atom. The smallest absolute Gasteiger partial charge is 0.414 e. The zero-order valence-corrected chi connectivity index (χ0v) is 14.5. The van der Waals surface area contributed by atoms with Crippen molar-refractivity contribution in [3.05, 3.63) is 65.7 Å². The van der Waals surface area contributed by atoms with Crippen LogP contribution in [0.2, 0.25) is 0 Å². The molecule has 0 atom stereocenters. The van der Waals surface area contributed by atoms with Gasteiger partial charge in [0.2, 0.25) is 5.91 Å². The first-order valence-electron chi connectivity index (χ1n) is 8.29. The number of ether oxygens (including phenoxy) is 2. The highest BCUT2D eigenvalue weighted by Crippen LogP contribution is 2.20. The van der Waals surface area contributed by atoms with Crippen molar-refractivity contribution in [2.24, 2.45) is 0 Å². The number of hydrogen-bond donors (Lipinski definition) is 1. The molecule has 1 saturated heterocycles. The highest BCUT2D eigenvalue weighted by molar-refractivity contribution is 5.92. The zero-order chi connectivity index (χ0) is 18.4. The molecule has 2 aromatic rings. The number of nitrogens with zero attached hydrogens (tertiary/aromatic N) is 1. The summed E-state index contributed by atoms with van der Waals surface area (Å²) in [4.78, 5) is 25.3. The van der Waals surface area contributed by atoms with Gasteiger partial charge in [-0.25, -0.2) is 4.79 Å². The van der Waals surface area contributed by atoms with Crippen molar-refractivity contribution in [1.82, 2.24) is 5.32 Å². The van der Waals surface area contributed by atoms with E-state index in [1.165, 1.54) is 6.08 Å². The fraction of sp³-hybridized carbons (Fsp3) is 0.200. The Morgan fingerprint density at radius 1 is 1.27 bits per heavy atom. The van der Waals surface area contributed by atoms with E-state index in [0.717, 1.165) is 16.8 Å². The number of cyclic esters (lactones) is 1. The molecule has 0 aliphatic carbocycles. The number of rotatable bonds is 6. The first kappa shape index (κ1) is 17.5. The Bertz CT molecular complexity index is 832. The van der Waals surface area contributed by atoms with Gasteiger partial charge in [0.1, 0.15) is 12.4 Å². The molecule has 2 aromatic carbocycles. The first-order valence-corrected chi connectivity index (χ1v) is 8.29. The zero-order valence-electron chi connectivity index (χ0n) is 14.5. The maximum atomic E-state index is 12.1. The molecular formula is C20H20N2O4. The van der Waals surface area contributed by atoms with Gasteiger partial charge < -0.3 is 14.8 Å². The first-order chi connectivity index (χ1) is 12.7. The van der Waals surface area contributed by atoms with Crippen LogP contribution in [-0.2, 0) is 16.1 Å². The quantitative estimate of drug-likeness (QED) is 0.812. The molecular weight excluding hydrogens is 332 g/mol. The lowest BCUT2D eigenvalue weighted by molar-refractivity contribution is -0.116. The third kappa shape index (κ3) is 4.22. The number of hydrogen-bond acceptors (Lipinski definition) is 4. The molecule has 134 valence electrons. The van der Waals surface area contributed by atoms with Crippen LogP contribution in [0.25, 0.3) is 6.08 Å². The minimum absolute atomic E-state index is 0.207. The third-order valence-corrected chi connectivity index (χ3v) is 4.00. The van der Waals surface area contributed by atoms with Crippen molar-refractivity contribution < 1.29 is 19.1 Å². The van der Waals surface area contributed by atoms with Crippen LogP contribution in [0, 0.1) is 0 Å². The van der Waals surface area contributed by atoms with Crippen LogP contribution in [-0.4, -0.2) is 32.3 Å². The van der Waals surface area contributed by atoms with Gasteiger partial charge in [-0.15, -0.1) is 0 Å². The van der Waals surface area contributed by atoms with Gasteiger partial charge in [-0.2, -0.15) is 0 Å². The minimum atomic E-state index is -0.342. The van der Waals surface area contributed by atoms with Gasteiger partial charge in [-0.05, 0) is 29.8 Å². The Morgan fingerprint density at radius 2 is 2.12 bits per heavy atom. The summed E-state index contributed by atoms with van der Waals surface area (Å²) in [5, 5.41) is 2.83. The lowest BCUT2D eigenvalue weighted by atomic mass is 10.1. The number of carbonyl (C=O) groups is 2. The number of nitrogens with one attached hydrogen (secondary N) is 1. The van der Waals surface area contributed by atoms with Crippen LogP contribution in [0.4, 0.5) is 10.5 Å². The number of carbonyl (C=O) groups excluding carboxylic acids is 2. The van der Waals surface area contributed by atoms with Crippen molar-refractivity contribution in [3.8, 4) is 5.75 Å². The van der Waals surface area contributed by atoms with Gasteiger partial charge >= 0.3 is 6.09 Å². The van der Waals surface area contributed by atoms with Crippen molar-refractivity contribution >= 4 is 23.8 Å². The SMILES string of the molecule is COc1ccccc1/C=C\C(=O)NCc1cccc(N2CCOC2=O)c1. The Labute approximate surface area is 152 Å². The summed E-state index contributed by atoms with van der Waals surface area (Å²) in [6.07, 6.45) is 2.84. The van der Waals surface area contributed by atoms with E-state index in [-0.39, 0.29) is 12.0 Å². The van der Waals surface area contributed by atoms with Gasteiger partial charge in [-0.1, -0.05) is 30.3 Å². The number of para-hydroxylation sites is 1. The van der Waals surface area contributed by atoms with Gasteiger partial charge in [0.15, 0.2) is 0 Å². The van der Waals surface area contributed by atoms with Gasteiger partial charge in [0, 0.05) is 23.9 Å². The molecule has 1 N–H and O–H groups in total. The summed E-state index contributed by atoms with van der Waals surface area (Å²) in [5.74, 6) is 0.503. The van der Waals surface area contributed by atoms with Crippen molar-refractivity contribution in [2.75, 3.05) is 25.2 Å². The highest BCUT2D eigenvalue weighted by Gasteiger charge is 2.23. The molecule has 1 heterocycles. The lowest BCUT2D eigenvalue weighted by Crippen LogP contribution is -2.24. The second kappa shape index (κ2) is 8.20. The molecule has 1 aliphatic rings. The molecule has 26 heavy (non-hydrogen) atoms. The van der Waals surface area contributed by atoms with E-state index in [4.69, 9.17) is 9.47 Å². The van der Waals surface area contributed by atoms with Crippen LogP contribution in [0.3, 0.4) is 0 Å².